The number of likely N-dealkylation sites (N-methyl/N-ethyl adjacent to an activating group) is 1. The molecule has 0 heterocycles. The highest BCUT2D eigenvalue weighted by molar-refractivity contribution is 5.70. The Hall–Kier alpha value is -0.450. The van der Waals surface area contributed by atoms with Crippen LogP contribution in [0.4, 0.5) is 0 Å². The average Bonchev–Trinajstić information content (AvgIpc) is 2.97. The van der Waals surface area contributed by atoms with Gasteiger partial charge in [0.05, 0.1) is 20.3 Å². The second-order valence-electron chi connectivity index (χ2n) is 13.1. The van der Waals surface area contributed by atoms with Crippen LogP contribution >= 0.6 is 0 Å². The minimum absolute atomic E-state index is 0. The van der Waals surface area contributed by atoms with E-state index < -0.39 is 6.10 Å². The Balaban J connectivity index is 0. The Labute approximate surface area is 289 Å². The number of unbranched alkanes of at least 4 members (excludes halogenated alkanes) is 20. The predicted molar refractivity (Wildman–Crippen MR) is 178 cm³/mol. The smallest absolute Gasteiger partial charge is 0.306 e. The van der Waals surface area contributed by atoms with E-state index in [2.05, 4.69) is 13.8 Å². The lowest BCUT2D eigenvalue weighted by Crippen LogP contribution is -3.00. The van der Waals surface area contributed by atoms with Crippen molar-refractivity contribution in [3.05, 3.63) is 0 Å². The van der Waals surface area contributed by atoms with E-state index in [4.69, 9.17) is 9.47 Å². The number of rotatable bonds is 33. The van der Waals surface area contributed by atoms with E-state index in [-0.39, 0.29) is 55.7 Å². The fourth-order valence-corrected chi connectivity index (χ4v) is 5.76. The third-order valence-electron chi connectivity index (χ3n) is 8.62. The molecule has 0 unspecified atom stereocenters. The number of halogens is 1. The van der Waals surface area contributed by atoms with Gasteiger partial charge < -0.3 is 48.1 Å². The van der Waals surface area contributed by atoms with E-state index >= 15 is 0 Å². The second kappa shape index (κ2) is 33.9. The molecule has 0 spiro atoms. The van der Waals surface area contributed by atoms with Crippen LogP contribution < -0.4 is 24.0 Å². The van der Waals surface area contributed by atoms with Crippen molar-refractivity contribution in [2.45, 2.75) is 174 Å². The second-order valence-corrected chi connectivity index (χ2v) is 13.1. The summed E-state index contributed by atoms with van der Waals surface area (Å²) in [5, 5.41) is 19.1. The van der Waals surface area contributed by atoms with Crippen molar-refractivity contribution < 1.29 is 57.7 Å². The first-order chi connectivity index (χ1) is 20.9. The molecule has 44 heavy (non-hydrogen) atoms. The summed E-state index contributed by atoms with van der Waals surface area (Å²) in [7, 11) is 1.92. The maximum absolute atomic E-state index is 12.7. The molecule has 0 amide bonds. The van der Waals surface area contributed by atoms with Crippen molar-refractivity contribution in [3.63, 3.8) is 0 Å². The zero-order valence-electron chi connectivity index (χ0n) is 29.1. The zero-order valence-corrected chi connectivity index (χ0v) is 31.3. The number of quaternary nitrogens is 1. The lowest BCUT2D eigenvalue weighted by Gasteiger charge is -2.36. The first kappa shape index (κ1) is 45.7. The summed E-state index contributed by atoms with van der Waals surface area (Å²) in [6.07, 6.45) is 27.1. The van der Waals surface area contributed by atoms with Gasteiger partial charge in [0, 0.05) is 12.8 Å². The topological polar surface area (TPSA) is 93.1 Å². The highest BCUT2D eigenvalue weighted by Crippen LogP contribution is 2.15. The van der Waals surface area contributed by atoms with Crippen LogP contribution in [-0.2, 0) is 19.1 Å². The molecule has 0 radical (unpaired) electrons. The Kier molecular flexibility index (Phi) is 35.2. The third-order valence-corrected chi connectivity index (χ3v) is 8.62. The highest BCUT2D eigenvalue weighted by Gasteiger charge is 2.29. The SMILES string of the molecule is CCCCCCCCCCCCCC(=O)OC[C@H](C[N+](C)(CCO)CCO)OC(=O)CCCCCCCCCCCCC.[I-]. The number of carbonyl (C=O) groups excluding carboxylic acids is 2. The molecule has 0 aromatic heterocycles. The van der Waals surface area contributed by atoms with Gasteiger partial charge in [-0.2, -0.15) is 0 Å². The molecule has 0 saturated heterocycles. The van der Waals surface area contributed by atoms with E-state index in [0.29, 0.717) is 37.0 Å². The molecule has 0 aromatic rings. The van der Waals surface area contributed by atoms with Gasteiger partial charge >= 0.3 is 11.9 Å². The van der Waals surface area contributed by atoms with Crippen LogP contribution in [0.25, 0.3) is 0 Å². The molecule has 0 saturated carbocycles. The number of nitrogens with zero attached hydrogens (tertiary/aromatic N) is 1. The van der Waals surface area contributed by atoms with E-state index in [0.717, 1.165) is 38.5 Å². The van der Waals surface area contributed by atoms with Crippen molar-refractivity contribution in [2.24, 2.45) is 0 Å². The van der Waals surface area contributed by atoms with Crippen LogP contribution in [0, 0.1) is 0 Å². The fourth-order valence-electron chi connectivity index (χ4n) is 5.76. The predicted octanol–water partition coefficient (Wildman–Crippen LogP) is 5.28. The van der Waals surface area contributed by atoms with E-state index in [1.54, 1.807) is 0 Å². The molecule has 7 nitrogen and oxygen atoms in total. The number of hydrogen-bond donors (Lipinski definition) is 2. The zero-order chi connectivity index (χ0) is 31.9. The molecule has 1 atom stereocenters. The number of carbonyl (C=O) groups is 2. The van der Waals surface area contributed by atoms with Crippen LogP contribution in [-0.4, -0.2) is 79.2 Å². The van der Waals surface area contributed by atoms with Gasteiger partial charge in [-0.05, 0) is 12.8 Å². The molecule has 0 rings (SSSR count). The van der Waals surface area contributed by atoms with Gasteiger partial charge in [0.25, 0.3) is 0 Å². The molecular weight excluding hydrogens is 669 g/mol. The molecule has 0 fully saturated rings. The summed E-state index contributed by atoms with van der Waals surface area (Å²) in [5.41, 5.74) is 0. The first-order valence-electron chi connectivity index (χ1n) is 18.3. The minimum atomic E-state index is -0.593. The largest absolute Gasteiger partial charge is 1.00 e. The van der Waals surface area contributed by atoms with E-state index in [1.807, 2.05) is 7.05 Å². The van der Waals surface area contributed by atoms with Crippen LogP contribution in [0.5, 0.6) is 0 Å². The summed E-state index contributed by atoms with van der Waals surface area (Å²) in [6.45, 7) is 5.69. The van der Waals surface area contributed by atoms with Crippen molar-refractivity contribution in [2.75, 3.05) is 46.5 Å². The van der Waals surface area contributed by atoms with E-state index in [9.17, 15) is 19.8 Å². The molecule has 264 valence electrons. The van der Waals surface area contributed by atoms with Gasteiger partial charge in [-0.3, -0.25) is 9.59 Å². The summed E-state index contributed by atoms with van der Waals surface area (Å²) in [6, 6.07) is 0. The van der Waals surface area contributed by atoms with Gasteiger partial charge in [-0.25, -0.2) is 0 Å². The quantitative estimate of drug-likeness (QED) is 0.0412. The lowest BCUT2D eigenvalue weighted by molar-refractivity contribution is -0.912. The molecule has 0 aromatic carbocycles. The van der Waals surface area contributed by atoms with Crippen molar-refractivity contribution >= 4 is 11.9 Å². The maximum atomic E-state index is 12.7. The number of aliphatic hydroxyl groups excluding tert-OH is 2. The first-order valence-corrected chi connectivity index (χ1v) is 18.3. The van der Waals surface area contributed by atoms with Crippen LogP contribution in [0.2, 0.25) is 0 Å². The maximum Gasteiger partial charge on any atom is 0.306 e. The number of esters is 2. The summed E-state index contributed by atoms with van der Waals surface area (Å²) in [4.78, 5) is 25.1. The van der Waals surface area contributed by atoms with Gasteiger partial charge in [0.1, 0.15) is 26.2 Å². The lowest BCUT2D eigenvalue weighted by atomic mass is 10.1. The molecule has 0 aliphatic heterocycles. The molecule has 0 aliphatic carbocycles. The minimum Gasteiger partial charge on any atom is -1.00 e. The molecule has 2 N–H and O–H groups in total. The van der Waals surface area contributed by atoms with Gasteiger partial charge in [0.2, 0.25) is 0 Å². The van der Waals surface area contributed by atoms with Crippen molar-refractivity contribution in [3.8, 4) is 0 Å². The molecule has 0 bridgehead atoms. The van der Waals surface area contributed by atoms with Crippen LogP contribution in [0.15, 0.2) is 0 Å². The Morgan fingerprint density at radius 3 is 1.27 bits per heavy atom. The normalized spacial score (nSPS) is 12.1. The Bertz CT molecular complexity index is 630. The van der Waals surface area contributed by atoms with Crippen LogP contribution in [0.3, 0.4) is 0 Å². The number of hydrogen-bond acceptors (Lipinski definition) is 6. The van der Waals surface area contributed by atoms with Crippen LogP contribution in [0.1, 0.15) is 168 Å². The fraction of sp³-hybridized carbons (Fsp3) is 0.944. The number of aliphatic hydroxyl groups is 2. The van der Waals surface area contributed by atoms with Crippen molar-refractivity contribution in [1.29, 1.82) is 0 Å². The molecular formula is C36H72INO6. The standard InChI is InChI=1S/C36H72NO6.HI/c1-4-6-8-10-12-14-16-18-20-22-24-26-35(40)42-33-34(32-37(3,28-30-38)29-31-39)43-36(41)27-25-23-21-19-17-15-13-11-9-7-5-2;/h34,38-39H,4-33H2,1-3H3;1H/q+1;/p-1/t34-;/m0./s1. The van der Waals surface area contributed by atoms with Gasteiger partial charge in [-0.1, -0.05) is 142 Å². The number of ether oxygens (including phenoxy) is 2. The Morgan fingerprint density at radius 2 is 0.909 bits per heavy atom. The van der Waals surface area contributed by atoms with Gasteiger partial charge in [0.15, 0.2) is 6.10 Å². The monoisotopic (exact) mass is 741 g/mol. The summed E-state index contributed by atoms with van der Waals surface area (Å²) < 4.78 is 11.7. The average molecular weight is 742 g/mol. The van der Waals surface area contributed by atoms with Crippen molar-refractivity contribution in [1.82, 2.24) is 0 Å². The highest BCUT2D eigenvalue weighted by atomic mass is 127. The molecule has 0 aliphatic rings. The summed E-state index contributed by atoms with van der Waals surface area (Å²) in [5.74, 6) is -0.511. The van der Waals surface area contributed by atoms with Gasteiger partial charge in [-0.15, -0.1) is 0 Å². The molecule has 8 heteroatoms. The summed E-state index contributed by atoms with van der Waals surface area (Å²) >= 11 is 0. The Morgan fingerprint density at radius 1 is 0.568 bits per heavy atom. The van der Waals surface area contributed by atoms with E-state index in [1.165, 1.54) is 103 Å². The third kappa shape index (κ3) is 30.2.